The Morgan fingerprint density at radius 3 is 2.41 bits per heavy atom. The molecule has 3 heteroatoms. The highest BCUT2D eigenvalue weighted by Gasteiger charge is 2.53. The third-order valence-corrected chi connectivity index (χ3v) is 4.58. The molecular weight excluding hydrogens is 211 g/mol. The number of hydrogen-bond donors (Lipinski definition) is 0. The predicted octanol–water partition coefficient (Wildman–Crippen LogP) is 3.92. The first kappa shape index (κ1) is 11.0. The molecule has 1 fully saturated rings. The Morgan fingerprint density at radius 2 is 1.82 bits per heavy atom. The molecule has 0 radical (unpaired) electrons. The minimum Gasteiger partial charge on any atom is -0.523 e. The fourth-order valence-electron chi connectivity index (χ4n) is 3.05. The molecule has 3 rings (SSSR count). The second kappa shape index (κ2) is 3.97. The number of benzene rings is 1. The average molecular weight is 230 g/mol. The van der Waals surface area contributed by atoms with Gasteiger partial charge in [-0.05, 0) is 24.5 Å². The van der Waals surface area contributed by atoms with Crippen molar-refractivity contribution in [1.29, 1.82) is 0 Å². The van der Waals surface area contributed by atoms with E-state index < -0.39 is 0 Å². The van der Waals surface area contributed by atoms with Crippen molar-refractivity contribution in [2.45, 2.75) is 44.8 Å². The summed E-state index contributed by atoms with van der Waals surface area (Å²) < 4.78 is 12.0. The lowest BCUT2D eigenvalue weighted by molar-refractivity contribution is 0.247. The van der Waals surface area contributed by atoms with Gasteiger partial charge in [-0.1, -0.05) is 45.2 Å². The molecule has 0 bridgehead atoms. The van der Waals surface area contributed by atoms with Crippen LogP contribution in [0.3, 0.4) is 0 Å². The van der Waals surface area contributed by atoms with Gasteiger partial charge in [0.15, 0.2) is 0 Å². The maximum Gasteiger partial charge on any atom is 0.601 e. The highest BCUT2D eigenvalue weighted by Crippen LogP contribution is 2.52. The summed E-state index contributed by atoms with van der Waals surface area (Å²) in [5, 5.41) is 0.150. The SMILES string of the molecule is C[C@H]1CCCC[C@]1(C)B1Oc2ccccc2O1. The summed E-state index contributed by atoms with van der Waals surface area (Å²) in [6.07, 6.45) is 5.12. The Bertz CT molecular complexity index is 395. The van der Waals surface area contributed by atoms with E-state index in [0.717, 1.165) is 11.5 Å². The monoisotopic (exact) mass is 230 g/mol. The van der Waals surface area contributed by atoms with E-state index in [-0.39, 0.29) is 12.4 Å². The summed E-state index contributed by atoms with van der Waals surface area (Å²) in [4.78, 5) is 0. The minimum atomic E-state index is -0.102. The predicted molar refractivity (Wildman–Crippen MR) is 69.5 cm³/mol. The third-order valence-electron chi connectivity index (χ3n) is 4.58. The summed E-state index contributed by atoms with van der Waals surface area (Å²) in [5.74, 6) is 2.46. The third kappa shape index (κ3) is 1.72. The van der Waals surface area contributed by atoms with Crippen LogP contribution < -0.4 is 9.31 Å². The first-order valence-electron chi connectivity index (χ1n) is 6.62. The van der Waals surface area contributed by atoms with Crippen LogP contribution >= 0.6 is 0 Å². The molecule has 0 amide bonds. The highest BCUT2D eigenvalue weighted by molar-refractivity contribution is 6.51. The Hall–Kier alpha value is -1.12. The molecular formula is C14H19BO2. The molecule has 1 aromatic rings. The van der Waals surface area contributed by atoms with Crippen molar-refractivity contribution in [2.24, 2.45) is 5.92 Å². The largest absolute Gasteiger partial charge is 0.601 e. The molecule has 0 aromatic heterocycles. The quantitative estimate of drug-likeness (QED) is 0.681. The summed E-state index contributed by atoms with van der Waals surface area (Å²) in [7, 11) is -0.102. The van der Waals surface area contributed by atoms with Gasteiger partial charge in [0.05, 0.1) is 0 Å². The van der Waals surface area contributed by atoms with E-state index in [9.17, 15) is 0 Å². The zero-order valence-electron chi connectivity index (χ0n) is 10.6. The molecule has 1 aliphatic heterocycles. The van der Waals surface area contributed by atoms with E-state index in [2.05, 4.69) is 13.8 Å². The van der Waals surface area contributed by atoms with Crippen LogP contribution in [0.25, 0.3) is 0 Å². The van der Waals surface area contributed by atoms with Crippen molar-refractivity contribution in [1.82, 2.24) is 0 Å². The molecule has 1 aliphatic carbocycles. The van der Waals surface area contributed by atoms with Crippen molar-refractivity contribution < 1.29 is 9.31 Å². The van der Waals surface area contributed by atoms with E-state index in [1.807, 2.05) is 24.3 Å². The molecule has 0 spiro atoms. The van der Waals surface area contributed by atoms with Crippen LogP contribution in [0.5, 0.6) is 11.5 Å². The van der Waals surface area contributed by atoms with Crippen LogP contribution in [-0.2, 0) is 0 Å². The smallest absolute Gasteiger partial charge is 0.523 e. The highest BCUT2D eigenvalue weighted by atomic mass is 16.6. The summed E-state index contributed by atoms with van der Waals surface area (Å²) >= 11 is 0. The lowest BCUT2D eigenvalue weighted by atomic mass is 9.48. The molecule has 0 N–H and O–H groups in total. The molecule has 0 unspecified atom stereocenters. The molecule has 1 saturated carbocycles. The van der Waals surface area contributed by atoms with Crippen molar-refractivity contribution in [3.63, 3.8) is 0 Å². The van der Waals surface area contributed by atoms with Crippen molar-refractivity contribution in [3.8, 4) is 11.5 Å². The Labute approximate surface area is 103 Å². The number of para-hydroxylation sites is 2. The lowest BCUT2D eigenvalue weighted by Crippen LogP contribution is -2.44. The summed E-state index contributed by atoms with van der Waals surface area (Å²) in [6.45, 7) is 4.64. The van der Waals surface area contributed by atoms with E-state index in [1.165, 1.54) is 25.7 Å². The van der Waals surface area contributed by atoms with E-state index in [4.69, 9.17) is 9.31 Å². The van der Waals surface area contributed by atoms with Gasteiger partial charge in [-0.2, -0.15) is 0 Å². The number of hydrogen-bond acceptors (Lipinski definition) is 2. The Morgan fingerprint density at radius 1 is 1.18 bits per heavy atom. The van der Waals surface area contributed by atoms with Crippen molar-refractivity contribution >= 4 is 7.12 Å². The number of fused-ring (bicyclic) bond motifs is 1. The van der Waals surface area contributed by atoms with Crippen LogP contribution in [0.4, 0.5) is 0 Å². The van der Waals surface area contributed by atoms with Gasteiger partial charge in [-0.25, -0.2) is 0 Å². The fraction of sp³-hybridized carbons (Fsp3) is 0.571. The van der Waals surface area contributed by atoms with Gasteiger partial charge in [-0.3, -0.25) is 0 Å². The van der Waals surface area contributed by atoms with Gasteiger partial charge < -0.3 is 9.31 Å². The Kier molecular flexibility index (Phi) is 2.57. The molecule has 2 nitrogen and oxygen atoms in total. The van der Waals surface area contributed by atoms with Gasteiger partial charge in [-0.15, -0.1) is 0 Å². The molecule has 2 atom stereocenters. The van der Waals surface area contributed by atoms with Gasteiger partial charge >= 0.3 is 7.12 Å². The topological polar surface area (TPSA) is 18.5 Å². The minimum absolute atomic E-state index is 0.102. The van der Waals surface area contributed by atoms with Gasteiger partial charge in [0, 0.05) is 5.31 Å². The second-order valence-corrected chi connectivity index (χ2v) is 5.67. The molecule has 90 valence electrons. The second-order valence-electron chi connectivity index (χ2n) is 5.67. The summed E-state index contributed by atoms with van der Waals surface area (Å²) in [6, 6.07) is 7.98. The van der Waals surface area contributed by atoms with Crippen molar-refractivity contribution in [2.75, 3.05) is 0 Å². The summed E-state index contributed by atoms with van der Waals surface area (Å²) in [5.41, 5.74) is 0. The molecule has 17 heavy (non-hydrogen) atoms. The van der Waals surface area contributed by atoms with Crippen LogP contribution in [0.15, 0.2) is 24.3 Å². The van der Waals surface area contributed by atoms with Crippen LogP contribution in [-0.4, -0.2) is 7.12 Å². The zero-order chi connectivity index (χ0) is 11.9. The van der Waals surface area contributed by atoms with E-state index >= 15 is 0 Å². The maximum absolute atomic E-state index is 6.00. The molecule has 1 aromatic carbocycles. The Balaban J connectivity index is 1.83. The van der Waals surface area contributed by atoms with E-state index in [1.54, 1.807) is 0 Å². The first-order chi connectivity index (χ1) is 8.20. The zero-order valence-corrected chi connectivity index (χ0v) is 10.6. The molecule has 0 saturated heterocycles. The van der Waals surface area contributed by atoms with Gasteiger partial charge in [0.1, 0.15) is 11.5 Å². The molecule has 1 heterocycles. The lowest BCUT2D eigenvalue weighted by Gasteiger charge is -2.39. The van der Waals surface area contributed by atoms with E-state index in [0.29, 0.717) is 5.92 Å². The first-order valence-corrected chi connectivity index (χ1v) is 6.62. The van der Waals surface area contributed by atoms with Gasteiger partial charge in [0.2, 0.25) is 0 Å². The van der Waals surface area contributed by atoms with Crippen LogP contribution in [0.2, 0.25) is 5.31 Å². The van der Waals surface area contributed by atoms with Crippen LogP contribution in [0, 0.1) is 5.92 Å². The van der Waals surface area contributed by atoms with Crippen molar-refractivity contribution in [3.05, 3.63) is 24.3 Å². The normalized spacial score (nSPS) is 31.6. The van der Waals surface area contributed by atoms with Gasteiger partial charge in [0.25, 0.3) is 0 Å². The van der Waals surface area contributed by atoms with Crippen LogP contribution in [0.1, 0.15) is 39.5 Å². The standard InChI is InChI=1S/C14H19BO2/c1-11-7-5-6-10-14(11,2)15-16-12-8-3-4-9-13(12)17-15/h3-4,8-9,11H,5-7,10H2,1-2H3/t11-,14-/m0/s1. The maximum atomic E-state index is 6.00. The fourth-order valence-corrected chi connectivity index (χ4v) is 3.05. The number of rotatable bonds is 1. The average Bonchev–Trinajstić information content (AvgIpc) is 2.77. The molecule has 2 aliphatic rings.